The van der Waals surface area contributed by atoms with Crippen molar-refractivity contribution in [3.63, 3.8) is 0 Å². The average molecular weight is 479 g/mol. The summed E-state index contributed by atoms with van der Waals surface area (Å²) in [7, 11) is 1.55. The van der Waals surface area contributed by atoms with Crippen LogP contribution in [-0.2, 0) is 20.8 Å². The molecule has 2 N–H and O–H groups in total. The molecule has 1 aliphatic rings. The number of carbonyl (C=O) groups excluding carboxylic acids is 3. The number of aliphatic hydroxyl groups is 1. The van der Waals surface area contributed by atoms with Crippen LogP contribution in [0.5, 0.6) is 5.75 Å². The van der Waals surface area contributed by atoms with Gasteiger partial charge in [0.05, 0.1) is 18.7 Å². The molecule has 35 heavy (non-hydrogen) atoms. The Hall–Kier alpha value is -3.61. The molecule has 3 rings (SSSR count). The Balaban J connectivity index is 1.92. The number of aryl methyl sites for hydroxylation is 1. The van der Waals surface area contributed by atoms with Crippen molar-refractivity contribution in [3.05, 3.63) is 70.8 Å². The van der Waals surface area contributed by atoms with Crippen LogP contribution in [0.15, 0.2) is 54.1 Å². The van der Waals surface area contributed by atoms with Gasteiger partial charge in [0.15, 0.2) is 0 Å². The number of nitrogens with zero attached hydrogens (tertiary/aromatic N) is 1. The minimum absolute atomic E-state index is 0.0340. The van der Waals surface area contributed by atoms with Gasteiger partial charge in [0.2, 0.25) is 5.91 Å². The molecule has 1 unspecified atom stereocenters. The van der Waals surface area contributed by atoms with Crippen molar-refractivity contribution in [2.75, 3.05) is 20.2 Å². The topological polar surface area (TPSA) is 95.9 Å². The van der Waals surface area contributed by atoms with Gasteiger partial charge in [-0.3, -0.25) is 14.4 Å². The fourth-order valence-electron chi connectivity index (χ4n) is 4.22. The lowest BCUT2D eigenvalue weighted by Gasteiger charge is -2.25. The van der Waals surface area contributed by atoms with Gasteiger partial charge in [-0.15, -0.1) is 0 Å². The van der Waals surface area contributed by atoms with Gasteiger partial charge >= 0.3 is 0 Å². The Morgan fingerprint density at radius 2 is 1.74 bits per heavy atom. The molecule has 0 radical (unpaired) electrons. The molecule has 1 fully saturated rings. The summed E-state index contributed by atoms with van der Waals surface area (Å²) in [5, 5.41) is 14.0. The first-order valence-corrected chi connectivity index (χ1v) is 12.0. The van der Waals surface area contributed by atoms with E-state index < -0.39 is 17.7 Å². The Bertz CT molecular complexity index is 1090. The van der Waals surface area contributed by atoms with Crippen LogP contribution < -0.4 is 10.1 Å². The Labute approximate surface area is 206 Å². The van der Waals surface area contributed by atoms with Gasteiger partial charge < -0.3 is 20.1 Å². The van der Waals surface area contributed by atoms with E-state index in [4.69, 9.17) is 4.74 Å². The number of hydrogen-bond donors (Lipinski definition) is 2. The van der Waals surface area contributed by atoms with E-state index in [1.807, 2.05) is 38.1 Å². The summed E-state index contributed by atoms with van der Waals surface area (Å²) in [6, 6.07) is 13.7. The van der Waals surface area contributed by atoms with E-state index in [-0.39, 0.29) is 29.7 Å². The second kappa shape index (κ2) is 11.7. The predicted octanol–water partition coefficient (Wildman–Crippen LogP) is 4.23. The summed E-state index contributed by atoms with van der Waals surface area (Å²) in [4.78, 5) is 39.6. The average Bonchev–Trinajstić information content (AvgIpc) is 3.10. The molecule has 1 heterocycles. The number of aliphatic hydroxyl groups excluding tert-OH is 1. The summed E-state index contributed by atoms with van der Waals surface area (Å²) < 4.78 is 5.18. The van der Waals surface area contributed by atoms with E-state index in [2.05, 4.69) is 12.2 Å². The lowest BCUT2D eigenvalue weighted by molar-refractivity contribution is -0.139. The normalized spacial score (nSPS) is 17.2. The first-order valence-electron chi connectivity index (χ1n) is 12.0. The lowest BCUT2D eigenvalue weighted by atomic mass is 9.94. The Morgan fingerprint density at radius 1 is 1.09 bits per heavy atom. The third-order valence-corrected chi connectivity index (χ3v) is 6.10. The van der Waals surface area contributed by atoms with E-state index in [0.717, 1.165) is 17.5 Å². The van der Waals surface area contributed by atoms with Crippen molar-refractivity contribution < 1.29 is 24.2 Å². The van der Waals surface area contributed by atoms with E-state index >= 15 is 0 Å². The van der Waals surface area contributed by atoms with Crippen molar-refractivity contribution in [3.8, 4) is 5.75 Å². The number of likely N-dealkylation sites (tertiary alicyclic amines) is 1. The van der Waals surface area contributed by atoms with E-state index in [1.165, 1.54) is 4.90 Å². The van der Waals surface area contributed by atoms with E-state index in [1.54, 1.807) is 31.4 Å². The molecule has 0 spiro atoms. The van der Waals surface area contributed by atoms with Crippen LogP contribution in [0, 0.1) is 5.92 Å². The minimum Gasteiger partial charge on any atom is -0.507 e. The Kier molecular flexibility index (Phi) is 8.68. The molecule has 7 nitrogen and oxygen atoms in total. The van der Waals surface area contributed by atoms with Crippen molar-refractivity contribution in [2.24, 2.45) is 5.92 Å². The molecule has 2 amide bonds. The number of carbonyl (C=O) groups is 3. The molecule has 0 bridgehead atoms. The summed E-state index contributed by atoms with van der Waals surface area (Å²) in [6.45, 7) is 6.68. The number of ketones is 1. The standard InChI is InChI=1S/C28H34N2O5/c1-5-19-7-9-20(10-8-19)25-24(26(32)21-11-13-22(35-4)14-12-21)27(33)28(34)30(25)16-6-15-29-23(31)17-18(2)3/h7-14,18,25,32H,5-6,15-17H2,1-4H3,(H,29,31)/b26-24+. The maximum atomic E-state index is 13.1. The zero-order chi connectivity index (χ0) is 25.5. The van der Waals surface area contributed by atoms with Crippen LogP contribution in [0.2, 0.25) is 0 Å². The summed E-state index contributed by atoms with van der Waals surface area (Å²) >= 11 is 0. The van der Waals surface area contributed by atoms with Gasteiger partial charge in [-0.1, -0.05) is 45.0 Å². The molecule has 186 valence electrons. The largest absolute Gasteiger partial charge is 0.507 e. The van der Waals surface area contributed by atoms with Crippen LogP contribution in [-0.4, -0.2) is 47.8 Å². The second-order valence-corrected chi connectivity index (χ2v) is 9.12. The van der Waals surface area contributed by atoms with Crippen molar-refractivity contribution in [1.82, 2.24) is 10.2 Å². The van der Waals surface area contributed by atoms with Gasteiger partial charge in [-0.25, -0.2) is 0 Å². The monoisotopic (exact) mass is 478 g/mol. The van der Waals surface area contributed by atoms with Crippen molar-refractivity contribution in [1.29, 1.82) is 0 Å². The highest BCUT2D eigenvalue weighted by molar-refractivity contribution is 6.46. The molecule has 2 aromatic rings. The maximum absolute atomic E-state index is 13.1. The van der Waals surface area contributed by atoms with E-state index in [0.29, 0.717) is 30.7 Å². The molecule has 1 saturated heterocycles. The smallest absolute Gasteiger partial charge is 0.295 e. The zero-order valence-corrected chi connectivity index (χ0v) is 20.8. The van der Waals surface area contributed by atoms with Crippen LogP contribution in [0.4, 0.5) is 0 Å². The van der Waals surface area contributed by atoms with Crippen molar-refractivity contribution >= 4 is 23.4 Å². The third-order valence-electron chi connectivity index (χ3n) is 6.10. The highest BCUT2D eigenvalue weighted by Gasteiger charge is 2.45. The number of rotatable bonds is 10. The number of amides is 2. The molecule has 2 aromatic carbocycles. The third kappa shape index (κ3) is 6.10. The zero-order valence-electron chi connectivity index (χ0n) is 20.8. The lowest BCUT2D eigenvalue weighted by Crippen LogP contribution is -2.33. The molecule has 1 aliphatic heterocycles. The highest BCUT2D eigenvalue weighted by Crippen LogP contribution is 2.39. The maximum Gasteiger partial charge on any atom is 0.295 e. The molecule has 1 atom stereocenters. The highest BCUT2D eigenvalue weighted by atomic mass is 16.5. The molecule has 0 aliphatic carbocycles. The minimum atomic E-state index is -0.716. The van der Waals surface area contributed by atoms with Gasteiger partial charge in [0.25, 0.3) is 11.7 Å². The number of Topliss-reactive ketones (excluding diaryl/α,β-unsaturated/α-hetero) is 1. The first kappa shape index (κ1) is 26.0. The quantitative estimate of drug-likeness (QED) is 0.231. The molecular formula is C28H34N2O5. The molecular weight excluding hydrogens is 444 g/mol. The predicted molar refractivity (Wildman–Crippen MR) is 135 cm³/mol. The van der Waals surface area contributed by atoms with E-state index in [9.17, 15) is 19.5 Å². The van der Waals surface area contributed by atoms with Crippen LogP contribution >= 0.6 is 0 Å². The SMILES string of the molecule is CCc1ccc(C2/C(=C(\O)c3ccc(OC)cc3)C(=O)C(=O)N2CCCNC(=O)CC(C)C)cc1. The first-order chi connectivity index (χ1) is 16.8. The van der Waals surface area contributed by atoms with Crippen LogP contribution in [0.3, 0.4) is 0 Å². The number of ether oxygens (including phenoxy) is 1. The Morgan fingerprint density at radius 3 is 2.31 bits per heavy atom. The molecule has 7 heteroatoms. The molecule has 0 aromatic heterocycles. The number of nitrogens with one attached hydrogen (secondary N) is 1. The summed E-state index contributed by atoms with van der Waals surface area (Å²) in [5.74, 6) is -0.744. The van der Waals surface area contributed by atoms with Crippen molar-refractivity contribution in [2.45, 2.75) is 46.1 Å². The fourth-order valence-corrected chi connectivity index (χ4v) is 4.22. The number of hydrogen-bond acceptors (Lipinski definition) is 5. The summed E-state index contributed by atoms with van der Waals surface area (Å²) in [5.41, 5.74) is 2.38. The summed E-state index contributed by atoms with van der Waals surface area (Å²) in [6.07, 6.45) is 1.79. The number of methoxy groups -OCH3 is 1. The van der Waals surface area contributed by atoms with Gasteiger partial charge in [0, 0.05) is 25.1 Å². The fraction of sp³-hybridized carbons (Fsp3) is 0.393. The molecule has 0 saturated carbocycles. The van der Waals surface area contributed by atoms with Crippen LogP contribution in [0.1, 0.15) is 56.3 Å². The second-order valence-electron chi connectivity index (χ2n) is 9.12. The van der Waals surface area contributed by atoms with Gasteiger partial charge in [-0.2, -0.15) is 0 Å². The van der Waals surface area contributed by atoms with Gasteiger partial charge in [0.1, 0.15) is 11.5 Å². The van der Waals surface area contributed by atoms with Crippen LogP contribution in [0.25, 0.3) is 5.76 Å². The van der Waals surface area contributed by atoms with Gasteiger partial charge in [-0.05, 0) is 54.2 Å². The number of benzene rings is 2.